The van der Waals surface area contributed by atoms with Crippen molar-refractivity contribution in [2.24, 2.45) is 5.41 Å². The van der Waals surface area contributed by atoms with E-state index < -0.39 is 5.41 Å². The van der Waals surface area contributed by atoms with E-state index in [1.807, 2.05) is 6.92 Å². The molecular weight excluding hydrogens is 310 g/mol. The first-order chi connectivity index (χ1) is 10.7. The summed E-state index contributed by atoms with van der Waals surface area (Å²) in [6.45, 7) is 10.9. The van der Waals surface area contributed by atoms with Gasteiger partial charge >= 0.3 is 29.7 Å². The van der Waals surface area contributed by atoms with Crippen LogP contribution in [0.15, 0.2) is 11.5 Å². The van der Waals surface area contributed by atoms with Crippen molar-refractivity contribution in [3.05, 3.63) is 11.5 Å². The molecule has 0 N–H and O–H groups in total. The summed E-state index contributed by atoms with van der Waals surface area (Å²) in [7, 11) is -0.322. The van der Waals surface area contributed by atoms with Crippen LogP contribution in [-0.4, -0.2) is 54.1 Å². The standard InChI is InChI=1S/C16H26BO5.Al.2H/c1-6-20-13(19)16(11-18)9-7-12(8-10-16)17-21-14(2,3)15(4,5)22-17;;;/h7H,6,8-11H2,1-5H3;;;/q-1;+1;;. The first-order valence-electron chi connectivity index (χ1n) is 8.38. The van der Waals surface area contributed by atoms with Gasteiger partial charge in [0.1, 0.15) is 0 Å². The highest BCUT2D eigenvalue weighted by Gasteiger charge is 2.53. The Balaban J connectivity index is 2.12. The van der Waals surface area contributed by atoms with Gasteiger partial charge in [0, 0.05) is 6.61 Å². The van der Waals surface area contributed by atoms with Gasteiger partial charge in [-0.15, -0.1) is 0 Å². The van der Waals surface area contributed by atoms with Gasteiger partial charge in [-0.05, 0) is 59.4 Å². The van der Waals surface area contributed by atoms with E-state index in [-0.39, 0.29) is 24.3 Å². The van der Waals surface area contributed by atoms with Crippen molar-refractivity contribution < 1.29 is 22.6 Å². The molecule has 0 saturated carbocycles. The predicted molar refractivity (Wildman–Crippen MR) is 91.6 cm³/mol. The lowest BCUT2D eigenvalue weighted by molar-refractivity contribution is -0.158. The highest BCUT2D eigenvalue weighted by molar-refractivity contribution is 6.54. The topological polar surface area (TPSA) is 54.0 Å². The van der Waals surface area contributed by atoms with Gasteiger partial charge in [0.25, 0.3) is 0 Å². The number of hydrogen-bond acceptors (Lipinski definition) is 5. The zero-order valence-electron chi connectivity index (χ0n) is 15.2. The number of ether oxygens (including phenoxy) is 1. The highest BCUT2D eigenvalue weighted by Crippen LogP contribution is 2.43. The van der Waals surface area contributed by atoms with Crippen molar-refractivity contribution in [1.29, 1.82) is 0 Å². The molecule has 2 aliphatic rings. The molecule has 1 aliphatic heterocycles. The number of allylic oxidation sites excluding steroid dienone is 2. The second-order valence-corrected chi connectivity index (χ2v) is 8.08. The number of rotatable bonds is 5. The molecule has 7 heteroatoms. The van der Waals surface area contributed by atoms with Crippen LogP contribution in [0.25, 0.3) is 0 Å². The van der Waals surface area contributed by atoms with Crippen LogP contribution < -0.4 is 0 Å². The van der Waals surface area contributed by atoms with E-state index in [0.29, 0.717) is 42.7 Å². The summed E-state index contributed by atoms with van der Waals surface area (Å²) in [5, 5.41) is 0. The average molecular weight is 338 g/mol. The Morgan fingerprint density at radius 3 is 2.35 bits per heavy atom. The summed E-state index contributed by atoms with van der Waals surface area (Å²) in [4.78, 5) is 12.4. The quantitative estimate of drug-likeness (QED) is 0.566. The highest BCUT2D eigenvalue weighted by atomic mass is 27.1. The summed E-state index contributed by atoms with van der Waals surface area (Å²) >= 11 is 0.617. The third-order valence-corrected chi connectivity index (χ3v) is 5.62. The van der Waals surface area contributed by atoms with Crippen molar-refractivity contribution in [2.75, 3.05) is 13.2 Å². The molecule has 0 radical (unpaired) electrons. The Morgan fingerprint density at radius 1 is 1.30 bits per heavy atom. The van der Waals surface area contributed by atoms with Crippen LogP contribution in [0.3, 0.4) is 0 Å². The fourth-order valence-electron chi connectivity index (χ4n) is 3.06. The van der Waals surface area contributed by atoms with Gasteiger partial charge in [0.15, 0.2) is 0 Å². The zero-order chi connectivity index (χ0) is 17.3. The van der Waals surface area contributed by atoms with E-state index in [2.05, 4.69) is 33.8 Å². The van der Waals surface area contributed by atoms with Crippen molar-refractivity contribution in [3.63, 3.8) is 0 Å². The molecule has 1 unspecified atom stereocenters. The Kier molecular flexibility index (Phi) is 5.70. The monoisotopic (exact) mass is 338 g/mol. The number of carbonyl (C=O) groups excluding carboxylic acids is 1. The van der Waals surface area contributed by atoms with Gasteiger partial charge < -0.3 is 17.8 Å². The first kappa shape index (κ1) is 19.0. The Morgan fingerprint density at radius 2 is 1.91 bits per heavy atom. The molecule has 23 heavy (non-hydrogen) atoms. The molecule has 0 aromatic carbocycles. The SMILES string of the molecule is CCOC(=O)C1(C[O][AlH2])CC=C(B2OC(C)(C)C(C)(C)O2)CC1. The second kappa shape index (κ2) is 6.90. The fourth-order valence-corrected chi connectivity index (χ4v) is 3.61. The average Bonchev–Trinajstić information content (AvgIpc) is 2.68. The van der Waals surface area contributed by atoms with E-state index in [9.17, 15) is 4.79 Å². The van der Waals surface area contributed by atoms with Gasteiger partial charge in [-0.2, -0.15) is 0 Å². The number of carbonyl (C=O) groups is 1. The maximum Gasteiger partial charge on any atom is 0.490 e. The van der Waals surface area contributed by atoms with Crippen LogP contribution in [0.4, 0.5) is 0 Å². The predicted octanol–water partition coefficient (Wildman–Crippen LogP) is 1.84. The Labute approximate surface area is 148 Å². The molecule has 0 aromatic rings. The molecule has 2 rings (SSSR count). The summed E-state index contributed by atoms with van der Waals surface area (Å²) in [5.41, 5.74) is -0.110. The molecule has 1 aliphatic carbocycles. The minimum absolute atomic E-state index is 0.153. The molecule has 1 heterocycles. The molecule has 5 nitrogen and oxygen atoms in total. The summed E-state index contributed by atoms with van der Waals surface area (Å²) in [6.07, 6.45) is 4.18. The summed E-state index contributed by atoms with van der Waals surface area (Å²) in [6, 6.07) is 0. The van der Waals surface area contributed by atoms with Crippen LogP contribution in [0.2, 0.25) is 0 Å². The summed E-state index contributed by atoms with van der Waals surface area (Å²) < 4.78 is 22.9. The van der Waals surface area contributed by atoms with E-state index in [1.54, 1.807) is 0 Å². The molecule has 1 fully saturated rings. The van der Waals surface area contributed by atoms with Crippen molar-refractivity contribution in [2.45, 2.75) is 65.1 Å². The van der Waals surface area contributed by atoms with Gasteiger partial charge in [0.2, 0.25) is 0 Å². The molecule has 128 valence electrons. The third kappa shape index (κ3) is 3.70. The maximum absolute atomic E-state index is 12.4. The number of esters is 1. The van der Waals surface area contributed by atoms with Gasteiger partial charge in [0.05, 0.1) is 23.2 Å². The van der Waals surface area contributed by atoms with E-state index >= 15 is 0 Å². The molecule has 0 bridgehead atoms. The van der Waals surface area contributed by atoms with Crippen LogP contribution >= 0.6 is 0 Å². The van der Waals surface area contributed by atoms with Crippen LogP contribution in [0, 0.1) is 5.41 Å². The van der Waals surface area contributed by atoms with E-state index in [1.165, 1.54) is 0 Å². The minimum atomic E-state index is -0.551. The normalized spacial score (nSPS) is 29.3. The van der Waals surface area contributed by atoms with Gasteiger partial charge in [-0.1, -0.05) is 6.08 Å². The maximum atomic E-state index is 12.4. The molecule has 1 atom stereocenters. The number of hydrogen-bond donors (Lipinski definition) is 0. The molecule has 1 saturated heterocycles. The fraction of sp³-hybridized carbons (Fsp3) is 0.812. The molecule has 0 amide bonds. The van der Waals surface area contributed by atoms with Crippen molar-refractivity contribution >= 4 is 29.7 Å². The zero-order valence-corrected chi connectivity index (χ0v) is 17.2. The Hall–Kier alpha value is -0.313. The van der Waals surface area contributed by atoms with Crippen molar-refractivity contribution in [3.8, 4) is 0 Å². The van der Waals surface area contributed by atoms with Crippen molar-refractivity contribution in [1.82, 2.24) is 0 Å². The Bertz CT molecular complexity index is 475. The smallest absolute Gasteiger partial charge is 0.490 e. The van der Waals surface area contributed by atoms with Crippen LogP contribution in [0.1, 0.15) is 53.9 Å². The minimum Gasteiger partial charge on any atom is -0.505 e. The lowest BCUT2D eigenvalue weighted by Crippen LogP contribution is -2.41. The van der Waals surface area contributed by atoms with E-state index in [4.69, 9.17) is 17.8 Å². The largest absolute Gasteiger partial charge is 0.505 e. The lowest BCUT2D eigenvalue weighted by Gasteiger charge is -2.34. The molecule has 0 aromatic heterocycles. The molecule has 0 spiro atoms. The van der Waals surface area contributed by atoms with Crippen LogP contribution in [0.5, 0.6) is 0 Å². The lowest BCUT2D eigenvalue weighted by atomic mass is 9.66. The van der Waals surface area contributed by atoms with E-state index in [0.717, 1.165) is 11.9 Å². The third-order valence-electron chi connectivity index (χ3n) is 5.33. The first-order valence-corrected chi connectivity index (χ1v) is 9.20. The van der Waals surface area contributed by atoms with Gasteiger partial charge in [-0.3, -0.25) is 4.79 Å². The summed E-state index contributed by atoms with van der Waals surface area (Å²) in [5.74, 6) is -0.153. The second-order valence-electron chi connectivity index (χ2n) is 7.51. The molecular formula is C16H28AlBO5. The van der Waals surface area contributed by atoms with Gasteiger partial charge in [-0.25, -0.2) is 0 Å². The van der Waals surface area contributed by atoms with Crippen LogP contribution in [-0.2, 0) is 22.6 Å².